The molecule has 4 rings (SSSR count). The number of rotatable bonds is 10. The van der Waals surface area contributed by atoms with Crippen LogP contribution in [0.15, 0.2) is 72.9 Å². The maximum atomic E-state index is 12.6. The molecular weight excluding hydrogens is 442 g/mol. The Labute approximate surface area is 206 Å². The van der Waals surface area contributed by atoms with Gasteiger partial charge in [-0.25, -0.2) is 4.98 Å². The molecule has 7 nitrogen and oxygen atoms in total. The van der Waals surface area contributed by atoms with Crippen LogP contribution in [0.25, 0.3) is 0 Å². The van der Waals surface area contributed by atoms with E-state index in [0.29, 0.717) is 25.4 Å². The number of hydrogen-bond acceptors (Lipinski definition) is 6. The summed E-state index contributed by atoms with van der Waals surface area (Å²) in [5, 5.41) is 3.27. The van der Waals surface area contributed by atoms with Crippen LogP contribution in [0.5, 0.6) is 5.75 Å². The van der Waals surface area contributed by atoms with Gasteiger partial charge in [0.25, 0.3) is 5.91 Å². The fourth-order valence-electron chi connectivity index (χ4n) is 4.39. The van der Waals surface area contributed by atoms with Crippen LogP contribution in [0, 0.1) is 0 Å². The van der Waals surface area contributed by atoms with Crippen molar-refractivity contribution in [1.29, 1.82) is 0 Å². The molecule has 182 valence electrons. The minimum absolute atomic E-state index is 0.00987. The lowest BCUT2D eigenvalue weighted by molar-refractivity contribution is -0.144. The summed E-state index contributed by atoms with van der Waals surface area (Å²) in [6, 6.07) is 21.5. The Kier molecular flexibility index (Phi) is 7.65. The summed E-state index contributed by atoms with van der Waals surface area (Å²) in [7, 11) is 0. The monoisotopic (exact) mass is 473 g/mol. The number of ether oxygens (including phenoxy) is 2. The van der Waals surface area contributed by atoms with Gasteiger partial charge in [-0.1, -0.05) is 49.4 Å². The number of esters is 1. The summed E-state index contributed by atoms with van der Waals surface area (Å²) in [6.45, 7) is 5.43. The van der Waals surface area contributed by atoms with E-state index in [1.807, 2.05) is 80.6 Å². The predicted octanol–water partition coefficient (Wildman–Crippen LogP) is 4.57. The van der Waals surface area contributed by atoms with Gasteiger partial charge in [0, 0.05) is 24.7 Å². The largest absolute Gasteiger partial charge is 0.482 e. The van der Waals surface area contributed by atoms with Gasteiger partial charge in [-0.3, -0.25) is 9.59 Å². The Balaban J connectivity index is 1.54. The highest BCUT2D eigenvalue weighted by atomic mass is 16.5. The summed E-state index contributed by atoms with van der Waals surface area (Å²) in [5.41, 5.74) is 2.08. The lowest BCUT2D eigenvalue weighted by Gasteiger charge is -2.34. The van der Waals surface area contributed by atoms with Crippen molar-refractivity contribution in [2.75, 3.05) is 36.5 Å². The number of pyridine rings is 1. The minimum Gasteiger partial charge on any atom is -0.482 e. The standard InChI is InChI=1S/C28H31N3O4/c1-3-34-27(33)19-28(2,21-10-5-4-6-11-21)22-13-14-23-24(18-22)35-20-26(32)31(23)17-9-16-30-25-12-7-8-15-29-25/h4-8,10-15,18H,3,9,16-17,19-20H2,1-2H3,(H,29,30). The Morgan fingerprint density at radius 1 is 1.11 bits per heavy atom. The molecule has 1 N–H and O–H groups in total. The van der Waals surface area contributed by atoms with E-state index < -0.39 is 5.41 Å². The first-order valence-corrected chi connectivity index (χ1v) is 11.9. The average molecular weight is 474 g/mol. The van der Waals surface area contributed by atoms with Crippen LogP contribution < -0.4 is 15.0 Å². The molecule has 0 aliphatic carbocycles. The first-order valence-electron chi connectivity index (χ1n) is 11.9. The molecular formula is C28H31N3O4. The van der Waals surface area contributed by atoms with E-state index in [9.17, 15) is 9.59 Å². The van der Waals surface area contributed by atoms with E-state index in [0.717, 1.165) is 29.1 Å². The van der Waals surface area contributed by atoms with Crippen LogP contribution in [0.1, 0.15) is 37.8 Å². The zero-order valence-corrected chi connectivity index (χ0v) is 20.2. The van der Waals surface area contributed by atoms with Gasteiger partial charge in [0.15, 0.2) is 6.61 Å². The van der Waals surface area contributed by atoms with Crippen molar-refractivity contribution in [2.24, 2.45) is 0 Å². The number of nitrogens with one attached hydrogen (secondary N) is 1. The van der Waals surface area contributed by atoms with Crippen LogP contribution in [-0.2, 0) is 19.7 Å². The van der Waals surface area contributed by atoms with Gasteiger partial charge in [0.2, 0.25) is 0 Å². The molecule has 1 aliphatic rings. The van der Waals surface area contributed by atoms with E-state index in [2.05, 4.69) is 10.3 Å². The number of carbonyl (C=O) groups is 2. The van der Waals surface area contributed by atoms with Gasteiger partial charge in [-0.05, 0) is 48.7 Å². The van der Waals surface area contributed by atoms with Gasteiger partial charge in [0.1, 0.15) is 11.6 Å². The molecule has 1 amide bonds. The van der Waals surface area contributed by atoms with Crippen molar-refractivity contribution in [1.82, 2.24) is 4.98 Å². The van der Waals surface area contributed by atoms with E-state index in [-0.39, 0.29) is 24.9 Å². The predicted molar refractivity (Wildman–Crippen MR) is 136 cm³/mol. The molecule has 0 radical (unpaired) electrons. The fraction of sp³-hybridized carbons (Fsp3) is 0.321. The zero-order valence-electron chi connectivity index (χ0n) is 20.2. The van der Waals surface area contributed by atoms with E-state index in [1.165, 1.54) is 0 Å². The molecule has 0 fully saturated rings. The number of carbonyl (C=O) groups excluding carboxylic acids is 2. The Morgan fingerprint density at radius 3 is 2.66 bits per heavy atom. The van der Waals surface area contributed by atoms with Crippen LogP contribution >= 0.6 is 0 Å². The van der Waals surface area contributed by atoms with Gasteiger partial charge in [-0.15, -0.1) is 0 Å². The second kappa shape index (κ2) is 11.0. The third-order valence-corrected chi connectivity index (χ3v) is 6.28. The highest BCUT2D eigenvalue weighted by Gasteiger charge is 2.34. The average Bonchev–Trinajstić information content (AvgIpc) is 2.88. The molecule has 2 heterocycles. The van der Waals surface area contributed by atoms with Crippen molar-refractivity contribution in [2.45, 2.75) is 32.1 Å². The molecule has 0 spiro atoms. The molecule has 3 aromatic rings. The normalized spacial score (nSPS) is 14.5. The smallest absolute Gasteiger partial charge is 0.307 e. The molecule has 1 aromatic heterocycles. The number of amides is 1. The van der Waals surface area contributed by atoms with Crippen LogP contribution in [0.2, 0.25) is 0 Å². The van der Waals surface area contributed by atoms with E-state index >= 15 is 0 Å². The second-order valence-electron chi connectivity index (χ2n) is 8.69. The molecule has 2 aromatic carbocycles. The number of fused-ring (bicyclic) bond motifs is 1. The first kappa shape index (κ1) is 24.3. The van der Waals surface area contributed by atoms with Gasteiger partial charge < -0.3 is 19.7 Å². The maximum Gasteiger partial charge on any atom is 0.307 e. The van der Waals surface area contributed by atoms with Gasteiger partial charge in [0.05, 0.1) is 18.7 Å². The lowest BCUT2D eigenvalue weighted by Crippen LogP contribution is -2.40. The van der Waals surface area contributed by atoms with E-state index in [4.69, 9.17) is 9.47 Å². The molecule has 7 heteroatoms. The van der Waals surface area contributed by atoms with Crippen LogP contribution in [0.4, 0.5) is 11.5 Å². The maximum absolute atomic E-state index is 12.6. The quantitative estimate of drug-likeness (QED) is 0.343. The molecule has 1 aliphatic heterocycles. The SMILES string of the molecule is CCOC(=O)CC(C)(c1ccccc1)c1ccc2c(c1)OCC(=O)N2CCCNc1ccccn1. The molecule has 1 atom stereocenters. The molecule has 0 saturated carbocycles. The number of aromatic nitrogens is 1. The Hall–Kier alpha value is -3.87. The summed E-state index contributed by atoms with van der Waals surface area (Å²) >= 11 is 0. The molecule has 1 unspecified atom stereocenters. The Bertz CT molecular complexity index is 1150. The summed E-state index contributed by atoms with van der Waals surface area (Å²) in [4.78, 5) is 31.2. The minimum atomic E-state index is -0.606. The van der Waals surface area contributed by atoms with Gasteiger partial charge >= 0.3 is 5.97 Å². The summed E-state index contributed by atoms with van der Waals surface area (Å²) in [6.07, 6.45) is 2.70. The highest BCUT2D eigenvalue weighted by molar-refractivity contribution is 5.97. The second-order valence-corrected chi connectivity index (χ2v) is 8.69. The third-order valence-electron chi connectivity index (χ3n) is 6.28. The topological polar surface area (TPSA) is 80.8 Å². The Morgan fingerprint density at radius 2 is 1.91 bits per heavy atom. The summed E-state index contributed by atoms with van der Waals surface area (Å²) in [5.74, 6) is 1.13. The van der Waals surface area contributed by atoms with Crippen molar-refractivity contribution in [3.63, 3.8) is 0 Å². The van der Waals surface area contributed by atoms with Crippen molar-refractivity contribution >= 4 is 23.4 Å². The van der Waals surface area contributed by atoms with Gasteiger partial charge in [-0.2, -0.15) is 0 Å². The fourth-order valence-corrected chi connectivity index (χ4v) is 4.39. The number of anilines is 2. The third kappa shape index (κ3) is 5.62. The molecule has 35 heavy (non-hydrogen) atoms. The lowest BCUT2D eigenvalue weighted by atomic mass is 9.73. The van der Waals surface area contributed by atoms with Crippen molar-refractivity contribution in [3.05, 3.63) is 84.1 Å². The first-order chi connectivity index (χ1) is 17.0. The van der Waals surface area contributed by atoms with Crippen molar-refractivity contribution in [3.8, 4) is 5.75 Å². The highest BCUT2D eigenvalue weighted by Crippen LogP contribution is 2.41. The summed E-state index contributed by atoms with van der Waals surface area (Å²) < 4.78 is 11.1. The number of nitrogens with zero attached hydrogens (tertiary/aromatic N) is 2. The van der Waals surface area contributed by atoms with E-state index in [1.54, 1.807) is 11.1 Å². The van der Waals surface area contributed by atoms with Crippen LogP contribution in [-0.4, -0.2) is 43.2 Å². The zero-order chi connectivity index (χ0) is 24.7. The molecule has 0 bridgehead atoms. The number of hydrogen-bond donors (Lipinski definition) is 1. The van der Waals surface area contributed by atoms with Crippen LogP contribution in [0.3, 0.4) is 0 Å². The molecule has 0 saturated heterocycles. The number of benzene rings is 2. The van der Waals surface area contributed by atoms with Crippen molar-refractivity contribution < 1.29 is 19.1 Å².